The number of hydrogen-bond acceptors (Lipinski definition) is 5. The molecule has 1 atom stereocenters. The molecule has 3 aromatic carbocycles. The largest absolute Gasteiger partial charge is 0.584 e. The van der Waals surface area contributed by atoms with Crippen molar-refractivity contribution in [1.29, 1.82) is 0 Å². The maximum absolute atomic E-state index is 13.0. The molecule has 0 spiro atoms. The Balaban J connectivity index is 1.98. The predicted molar refractivity (Wildman–Crippen MR) is 125 cm³/mol. The van der Waals surface area contributed by atoms with Crippen LogP contribution >= 0.6 is 7.82 Å². The lowest BCUT2D eigenvalue weighted by Crippen LogP contribution is -2.23. The first-order chi connectivity index (χ1) is 15.3. The van der Waals surface area contributed by atoms with Gasteiger partial charge in [0.05, 0.1) is 0 Å². The van der Waals surface area contributed by atoms with Crippen LogP contribution in [-0.4, -0.2) is 28.7 Å². The van der Waals surface area contributed by atoms with Crippen LogP contribution in [0.2, 0.25) is 0 Å². The summed E-state index contributed by atoms with van der Waals surface area (Å²) in [4.78, 5) is 25.6. The van der Waals surface area contributed by atoms with Gasteiger partial charge < -0.3 is 9.05 Å². The van der Waals surface area contributed by atoms with Gasteiger partial charge in [0.1, 0.15) is 11.5 Å². The molecule has 1 unspecified atom stereocenters. The van der Waals surface area contributed by atoms with Crippen molar-refractivity contribution < 1.29 is 23.3 Å². The maximum atomic E-state index is 13.0. The van der Waals surface area contributed by atoms with Crippen molar-refractivity contribution in [3.05, 3.63) is 95.1 Å². The van der Waals surface area contributed by atoms with E-state index in [0.717, 1.165) is 13.1 Å². The second kappa shape index (κ2) is 10.6. The second-order valence-electron chi connectivity index (χ2n) is 7.40. The van der Waals surface area contributed by atoms with E-state index in [1.165, 1.54) is 0 Å². The maximum Gasteiger partial charge on any atom is 0.584 e. The Morgan fingerprint density at radius 2 is 1.50 bits per heavy atom. The average Bonchev–Trinajstić information content (AvgIpc) is 2.79. The summed E-state index contributed by atoms with van der Waals surface area (Å²) in [6.07, 6.45) is 0. The zero-order valence-corrected chi connectivity index (χ0v) is 19.4. The lowest BCUT2D eigenvalue weighted by atomic mass is 9.98. The van der Waals surface area contributed by atoms with Crippen LogP contribution < -0.4 is 9.05 Å². The van der Waals surface area contributed by atoms with E-state index >= 15 is 0 Å². The highest BCUT2D eigenvalue weighted by atomic mass is 31.2. The van der Waals surface area contributed by atoms with Gasteiger partial charge in [-0.05, 0) is 49.8 Å². The smallest absolute Gasteiger partial charge is 0.395 e. The van der Waals surface area contributed by atoms with Crippen molar-refractivity contribution in [3.63, 3.8) is 0 Å². The van der Waals surface area contributed by atoms with E-state index in [0.29, 0.717) is 28.8 Å². The van der Waals surface area contributed by atoms with Crippen molar-refractivity contribution in [3.8, 4) is 11.5 Å². The topological polar surface area (TPSA) is 76.1 Å². The number of benzene rings is 3. The number of nitrogens with zero attached hydrogens (tertiary/aromatic N) is 1. The van der Waals surface area contributed by atoms with E-state index in [2.05, 4.69) is 4.90 Å². The summed E-state index contributed by atoms with van der Waals surface area (Å²) in [7, 11) is -4.45. The lowest BCUT2D eigenvalue weighted by Gasteiger charge is -2.23. The molecule has 3 rings (SSSR count). The second-order valence-corrected chi connectivity index (χ2v) is 8.70. The number of phosphoric acid groups is 1. The highest BCUT2D eigenvalue weighted by Gasteiger charge is 2.28. The monoisotopic (exact) mass is 453 g/mol. The number of ketones is 1. The number of para-hydroxylation sites is 1. The molecule has 168 valence electrons. The van der Waals surface area contributed by atoms with Crippen LogP contribution in [0.1, 0.15) is 40.9 Å². The van der Waals surface area contributed by atoms with Gasteiger partial charge in [-0.3, -0.25) is 14.6 Å². The molecule has 7 heteroatoms. The first-order valence-corrected chi connectivity index (χ1v) is 12.0. The van der Waals surface area contributed by atoms with Gasteiger partial charge in [-0.1, -0.05) is 62.4 Å². The van der Waals surface area contributed by atoms with E-state index < -0.39 is 7.82 Å². The third-order valence-corrected chi connectivity index (χ3v) is 5.96. The minimum atomic E-state index is -4.45. The highest BCUT2D eigenvalue weighted by molar-refractivity contribution is 7.48. The molecule has 1 N–H and O–H groups in total. The minimum absolute atomic E-state index is 0.117. The molecule has 0 saturated heterocycles. The Kier molecular flexibility index (Phi) is 7.86. The van der Waals surface area contributed by atoms with Crippen LogP contribution in [0.25, 0.3) is 0 Å². The van der Waals surface area contributed by atoms with Crippen molar-refractivity contribution >= 4 is 13.6 Å². The number of aryl methyl sites for hydroxylation is 1. The summed E-state index contributed by atoms with van der Waals surface area (Å²) in [5.74, 6) is 0.370. The van der Waals surface area contributed by atoms with Crippen molar-refractivity contribution in [2.24, 2.45) is 0 Å². The van der Waals surface area contributed by atoms with E-state index in [1.807, 2.05) is 32.0 Å². The standard InChI is InChI=1S/C25H28NO5P/c1-4-26(5-2)18-22-17-21(24(27)20-12-8-6-9-13-20)16-19(3)25(22)31-32(28,29)30-23-14-10-7-11-15-23/h6-17H,4-5,18H2,1-3H3,(H,28,29). The lowest BCUT2D eigenvalue weighted by molar-refractivity contribution is 0.103. The molecule has 0 aromatic heterocycles. The molecule has 0 saturated carbocycles. The molecular formula is C25H28NO5P. The van der Waals surface area contributed by atoms with Crippen LogP contribution in [0, 0.1) is 6.92 Å². The van der Waals surface area contributed by atoms with E-state index in [9.17, 15) is 14.3 Å². The normalized spacial score (nSPS) is 12.9. The van der Waals surface area contributed by atoms with Crippen molar-refractivity contribution in [1.82, 2.24) is 4.90 Å². The fraction of sp³-hybridized carbons (Fsp3) is 0.240. The zero-order valence-electron chi connectivity index (χ0n) is 18.5. The molecule has 0 heterocycles. The van der Waals surface area contributed by atoms with Gasteiger partial charge in [0.2, 0.25) is 0 Å². The summed E-state index contributed by atoms with van der Waals surface area (Å²) in [5, 5.41) is 0. The Morgan fingerprint density at radius 1 is 0.906 bits per heavy atom. The Labute approximate surface area is 189 Å². The van der Waals surface area contributed by atoms with Crippen LogP contribution in [0.5, 0.6) is 11.5 Å². The van der Waals surface area contributed by atoms with Crippen LogP contribution in [0.15, 0.2) is 72.8 Å². The van der Waals surface area contributed by atoms with Gasteiger partial charge in [-0.2, -0.15) is 0 Å². The molecule has 32 heavy (non-hydrogen) atoms. The number of carbonyl (C=O) groups is 1. The Hall–Kier alpha value is -2.92. The summed E-state index contributed by atoms with van der Waals surface area (Å²) >= 11 is 0. The molecule has 3 aromatic rings. The van der Waals surface area contributed by atoms with Crippen LogP contribution in [-0.2, 0) is 11.1 Å². The molecule has 6 nitrogen and oxygen atoms in total. The van der Waals surface area contributed by atoms with Gasteiger partial charge in [-0.15, -0.1) is 0 Å². The fourth-order valence-corrected chi connectivity index (χ4v) is 4.34. The van der Waals surface area contributed by atoms with E-state index in [1.54, 1.807) is 61.5 Å². The van der Waals surface area contributed by atoms with Crippen molar-refractivity contribution in [2.75, 3.05) is 13.1 Å². The van der Waals surface area contributed by atoms with Gasteiger partial charge in [0.15, 0.2) is 5.78 Å². The Bertz CT molecular complexity index is 1100. The SMILES string of the molecule is CCN(CC)Cc1cc(C(=O)c2ccccc2)cc(C)c1OP(=O)(O)Oc1ccccc1. The molecule has 0 bridgehead atoms. The van der Waals surface area contributed by atoms with Crippen LogP contribution in [0.3, 0.4) is 0 Å². The predicted octanol–water partition coefficient (Wildman–Crippen LogP) is 5.63. The summed E-state index contributed by atoms with van der Waals surface area (Å²) in [5.41, 5.74) is 2.31. The average molecular weight is 453 g/mol. The van der Waals surface area contributed by atoms with Gasteiger partial charge in [0.25, 0.3) is 0 Å². The number of rotatable bonds is 10. The summed E-state index contributed by atoms with van der Waals surface area (Å²) in [6.45, 7) is 7.85. The third kappa shape index (κ3) is 6.07. The summed E-state index contributed by atoms with van der Waals surface area (Å²) in [6, 6.07) is 20.8. The zero-order chi connectivity index (χ0) is 23.1. The van der Waals surface area contributed by atoms with E-state index in [-0.39, 0.29) is 17.3 Å². The molecule has 0 amide bonds. The minimum Gasteiger partial charge on any atom is -0.395 e. The first-order valence-electron chi connectivity index (χ1n) is 10.6. The molecule has 0 fully saturated rings. The molecular weight excluding hydrogens is 425 g/mol. The first kappa shape index (κ1) is 23.7. The van der Waals surface area contributed by atoms with Gasteiger partial charge >= 0.3 is 7.82 Å². The number of carbonyl (C=O) groups excluding carboxylic acids is 1. The fourth-order valence-electron chi connectivity index (χ4n) is 3.42. The molecule has 0 aliphatic carbocycles. The number of phosphoric ester groups is 1. The number of hydrogen-bond donors (Lipinski definition) is 1. The highest BCUT2D eigenvalue weighted by Crippen LogP contribution is 2.46. The quantitative estimate of drug-likeness (QED) is 0.317. The molecule has 0 radical (unpaired) electrons. The molecule has 0 aliphatic heterocycles. The van der Waals surface area contributed by atoms with Gasteiger partial charge in [-0.25, -0.2) is 4.57 Å². The Morgan fingerprint density at radius 3 is 2.09 bits per heavy atom. The van der Waals surface area contributed by atoms with Gasteiger partial charge in [0, 0.05) is 23.2 Å². The van der Waals surface area contributed by atoms with E-state index in [4.69, 9.17) is 9.05 Å². The summed E-state index contributed by atoms with van der Waals surface area (Å²) < 4.78 is 23.5. The third-order valence-electron chi connectivity index (χ3n) is 5.11. The molecule has 0 aliphatic rings. The van der Waals surface area contributed by atoms with Crippen LogP contribution in [0.4, 0.5) is 0 Å². The van der Waals surface area contributed by atoms with Crippen molar-refractivity contribution in [2.45, 2.75) is 27.3 Å².